The van der Waals surface area contributed by atoms with Gasteiger partial charge in [-0.1, -0.05) is 26.7 Å². The van der Waals surface area contributed by atoms with Crippen LogP contribution >= 0.6 is 24.0 Å². The molecule has 2 N–H and O–H groups in total. The molecule has 0 bridgehead atoms. The maximum atomic E-state index is 4.78. The zero-order valence-electron chi connectivity index (χ0n) is 14.6. The number of aryl methyl sites for hydroxylation is 1. The van der Waals surface area contributed by atoms with E-state index in [0.29, 0.717) is 5.41 Å². The molecule has 1 saturated carbocycles. The summed E-state index contributed by atoms with van der Waals surface area (Å²) in [7, 11) is 0. The lowest BCUT2D eigenvalue weighted by Gasteiger charge is -2.21. The normalized spacial score (nSPS) is 16.9. The number of aliphatic imine (C=N–C) groups is 1. The fourth-order valence-corrected chi connectivity index (χ4v) is 3.03. The molecule has 1 fully saturated rings. The molecule has 7 heteroatoms. The second-order valence-electron chi connectivity index (χ2n) is 6.43. The van der Waals surface area contributed by atoms with Crippen LogP contribution in [0.4, 0.5) is 0 Å². The van der Waals surface area contributed by atoms with E-state index in [0.717, 1.165) is 44.4 Å². The van der Waals surface area contributed by atoms with Crippen LogP contribution in [0.15, 0.2) is 11.3 Å². The van der Waals surface area contributed by atoms with E-state index in [-0.39, 0.29) is 24.0 Å². The Morgan fingerprint density at radius 1 is 1.30 bits per heavy atom. The minimum absolute atomic E-state index is 0. The van der Waals surface area contributed by atoms with Crippen molar-refractivity contribution >= 4 is 29.9 Å². The molecular weight excluding hydrogens is 403 g/mol. The molecule has 1 heterocycles. The van der Waals surface area contributed by atoms with Crippen molar-refractivity contribution in [1.82, 2.24) is 25.4 Å². The van der Waals surface area contributed by atoms with Gasteiger partial charge in [-0.25, -0.2) is 0 Å². The van der Waals surface area contributed by atoms with E-state index >= 15 is 0 Å². The zero-order valence-corrected chi connectivity index (χ0v) is 17.0. The Morgan fingerprint density at radius 3 is 2.70 bits per heavy atom. The van der Waals surface area contributed by atoms with Gasteiger partial charge >= 0.3 is 0 Å². The molecule has 23 heavy (non-hydrogen) atoms. The average Bonchev–Trinajstić information content (AvgIpc) is 3.14. The number of hydrogen-bond acceptors (Lipinski definition) is 3. The molecule has 0 atom stereocenters. The molecule has 0 unspecified atom stereocenters. The molecule has 2 rings (SSSR count). The van der Waals surface area contributed by atoms with Crippen molar-refractivity contribution in [1.29, 1.82) is 0 Å². The fourth-order valence-electron chi connectivity index (χ4n) is 3.03. The summed E-state index contributed by atoms with van der Waals surface area (Å²) in [5, 5.41) is 14.8. The summed E-state index contributed by atoms with van der Waals surface area (Å²) in [5.41, 5.74) is 0.395. The molecule has 1 aliphatic rings. The summed E-state index contributed by atoms with van der Waals surface area (Å²) >= 11 is 0. The highest BCUT2D eigenvalue weighted by molar-refractivity contribution is 14.0. The van der Waals surface area contributed by atoms with Gasteiger partial charge in [0.2, 0.25) is 0 Å². The topological polar surface area (TPSA) is 67.1 Å². The van der Waals surface area contributed by atoms with Crippen LogP contribution in [-0.4, -0.2) is 40.4 Å². The van der Waals surface area contributed by atoms with Crippen LogP contribution in [0, 0.1) is 5.41 Å². The predicted octanol–water partition coefficient (Wildman–Crippen LogP) is 2.59. The van der Waals surface area contributed by atoms with Crippen molar-refractivity contribution in [3.8, 4) is 0 Å². The second-order valence-corrected chi connectivity index (χ2v) is 6.43. The van der Waals surface area contributed by atoms with Crippen molar-refractivity contribution in [3.05, 3.63) is 12.2 Å². The first-order chi connectivity index (χ1) is 10.7. The van der Waals surface area contributed by atoms with Crippen LogP contribution in [0.5, 0.6) is 0 Å². The standard InChI is InChI=1S/C16H30N6.HI/c1-4-14-21-20-13-22(14)11-10-18-15(17-5-2)19-12-16(3)8-6-7-9-16;/h13H,4-12H2,1-3H3,(H2,17,18,19);1H. The summed E-state index contributed by atoms with van der Waals surface area (Å²) in [6, 6.07) is 0. The van der Waals surface area contributed by atoms with Crippen molar-refractivity contribution in [2.75, 3.05) is 19.6 Å². The predicted molar refractivity (Wildman–Crippen MR) is 105 cm³/mol. The molecular formula is C16H31IN6. The first kappa shape index (κ1) is 20.2. The molecule has 0 amide bonds. The van der Waals surface area contributed by atoms with Gasteiger partial charge in [-0.05, 0) is 25.2 Å². The number of rotatable bonds is 7. The second kappa shape index (κ2) is 10.1. The van der Waals surface area contributed by atoms with Crippen molar-refractivity contribution in [2.24, 2.45) is 10.4 Å². The summed E-state index contributed by atoms with van der Waals surface area (Å²) in [6.45, 7) is 10.0. The molecule has 0 spiro atoms. The number of aromatic nitrogens is 3. The SMILES string of the molecule is CCNC(=NCC1(C)CCCC1)NCCn1cnnc1CC.I. The molecule has 132 valence electrons. The summed E-state index contributed by atoms with van der Waals surface area (Å²) in [5.74, 6) is 1.95. The molecule has 6 nitrogen and oxygen atoms in total. The highest BCUT2D eigenvalue weighted by Crippen LogP contribution is 2.37. The Hall–Kier alpha value is -0.860. The van der Waals surface area contributed by atoms with Crippen molar-refractivity contribution < 1.29 is 0 Å². The lowest BCUT2D eigenvalue weighted by molar-refractivity contribution is 0.350. The minimum atomic E-state index is 0. The van der Waals surface area contributed by atoms with Gasteiger partial charge in [-0.15, -0.1) is 34.2 Å². The zero-order chi connectivity index (χ0) is 15.8. The Kier molecular flexibility index (Phi) is 8.86. The minimum Gasteiger partial charge on any atom is -0.357 e. The van der Waals surface area contributed by atoms with Crippen LogP contribution in [0.2, 0.25) is 0 Å². The molecule has 1 aromatic rings. The quantitative estimate of drug-likeness (QED) is 0.393. The highest BCUT2D eigenvalue weighted by Gasteiger charge is 2.28. The van der Waals surface area contributed by atoms with E-state index in [2.05, 4.69) is 46.2 Å². The van der Waals surface area contributed by atoms with E-state index < -0.39 is 0 Å². The Balaban J connectivity index is 0.00000264. The third-order valence-corrected chi connectivity index (χ3v) is 4.43. The fraction of sp³-hybridized carbons (Fsp3) is 0.812. The Morgan fingerprint density at radius 2 is 2.04 bits per heavy atom. The van der Waals surface area contributed by atoms with Crippen molar-refractivity contribution in [3.63, 3.8) is 0 Å². The monoisotopic (exact) mass is 434 g/mol. The van der Waals surface area contributed by atoms with E-state index in [1.807, 2.05) is 0 Å². The van der Waals surface area contributed by atoms with Crippen LogP contribution < -0.4 is 10.6 Å². The van der Waals surface area contributed by atoms with Crippen molar-refractivity contribution in [2.45, 2.75) is 59.4 Å². The smallest absolute Gasteiger partial charge is 0.191 e. The van der Waals surface area contributed by atoms with E-state index in [4.69, 9.17) is 4.99 Å². The van der Waals surface area contributed by atoms with E-state index in [1.165, 1.54) is 25.7 Å². The Labute approximate surface area is 157 Å². The Bertz CT molecular complexity index is 479. The highest BCUT2D eigenvalue weighted by atomic mass is 127. The van der Waals surface area contributed by atoms with E-state index in [1.54, 1.807) is 6.33 Å². The van der Waals surface area contributed by atoms with Gasteiger partial charge in [0.25, 0.3) is 0 Å². The maximum absolute atomic E-state index is 4.78. The van der Waals surface area contributed by atoms with Gasteiger partial charge in [-0.2, -0.15) is 0 Å². The van der Waals surface area contributed by atoms with Crippen LogP contribution in [0.25, 0.3) is 0 Å². The third-order valence-electron chi connectivity index (χ3n) is 4.43. The molecule has 1 aromatic heterocycles. The molecule has 0 saturated heterocycles. The molecule has 0 radical (unpaired) electrons. The van der Waals surface area contributed by atoms with Gasteiger partial charge in [0.05, 0.1) is 0 Å². The number of nitrogens with zero attached hydrogens (tertiary/aromatic N) is 4. The summed E-state index contributed by atoms with van der Waals surface area (Å²) < 4.78 is 2.09. The number of nitrogens with one attached hydrogen (secondary N) is 2. The lowest BCUT2D eigenvalue weighted by atomic mass is 9.89. The number of guanidine groups is 1. The maximum Gasteiger partial charge on any atom is 0.191 e. The van der Waals surface area contributed by atoms with E-state index in [9.17, 15) is 0 Å². The summed E-state index contributed by atoms with van der Waals surface area (Å²) in [6.07, 6.45) is 8.01. The summed E-state index contributed by atoms with van der Waals surface area (Å²) in [4.78, 5) is 4.78. The number of halogens is 1. The first-order valence-corrected chi connectivity index (χ1v) is 8.56. The van der Waals surface area contributed by atoms with Gasteiger partial charge in [0.15, 0.2) is 5.96 Å². The average molecular weight is 434 g/mol. The molecule has 0 aromatic carbocycles. The van der Waals surface area contributed by atoms with Gasteiger partial charge < -0.3 is 15.2 Å². The molecule has 0 aliphatic heterocycles. The largest absolute Gasteiger partial charge is 0.357 e. The van der Waals surface area contributed by atoms with Gasteiger partial charge in [-0.3, -0.25) is 4.99 Å². The van der Waals surface area contributed by atoms with Gasteiger partial charge in [0, 0.05) is 32.6 Å². The third kappa shape index (κ3) is 6.27. The van der Waals surface area contributed by atoms with Crippen LogP contribution in [-0.2, 0) is 13.0 Å². The lowest BCUT2D eigenvalue weighted by Crippen LogP contribution is -2.39. The molecule has 1 aliphatic carbocycles. The first-order valence-electron chi connectivity index (χ1n) is 8.56. The number of hydrogen-bond donors (Lipinski definition) is 2. The van der Waals surface area contributed by atoms with Crippen LogP contribution in [0.3, 0.4) is 0 Å². The van der Waals surface area contributed by atoms with Crippen LogP contribution in [0.1, 0.15) is 52.3 Å². The van der Waals surface area contributed by atoms with Gasteiger partial charge in [0.1, 0.15) is 12.2 Å².